The van der Waals surface area contributed by atoms with Crippen molar-refractivity contribution >= 4 is 27.6 Å². The van der Waals surface area contributed by atoms with E-state index in [0.29, 0.717) is 17.9 Å². The lowest BCUT2D eigenvalue weighted by molar-refractivity contribution is -0.141. The molecule has 0 aromatic heterocycles. The molecule has 116 valence electrons. The Bertz CT molecular complexity index is 438. The average Bonchev–Trinajstić information content (AvgIpc) is 2.39. The smallest absolute Gasteiger partial charge is 0.307 e. The molecule has 2 rings (SSSR count). The number of rotatable bonds is 4. The number of hydrogen-bond acceptors (Lipinski definition) is 6. The topological polar surface area (TPSA) is 63.7 Å². The molecule has 0 aromatic rings. The van der Waals surface area contributed by atoms with E-state index in [1.165, 1.54) is 7.11 Å². The Hall–Kier alpha value is -0.270. The van der Waals surface area contributed by atoms with Gasteiger partial charge in [-0.25, -0.2) is 8.42 Å². The molecule has 0 spiro atoms. The molecule has 2 atom stereocenters. The molecule has 2 aliphatic rings. The molecule has 0 saturated carbocycles. The van der Waals surface area contributed by atoms with Gasteiger partial charge in [0.25, 0.3) is 0 Å². The van der Waals surface area contributed by atoms with Crippen LogP contribution in [0.5, 0.6) is 0 Å². The fourth-order valence-electron chi connectivity index (χ4n) is 2.99. The second-order valence-corrected chi connectivity index (χ2v) is 9.01. The highest BCUT2D eigenvalue weighted by Gasteiger charge is 2.31. The van der Waals surface area contributed by atoms with Crippen LogP contribution in [0.25, 0.3) is 0 Å². The summed E-state index contributed by atoms with van der Waals surface area (Å²) in [5, 5.41) is 0. The van der Waals surface area contributed by atoms with E-state index in [1.807, 2.05) is 11.8 Å². The zero-order chi connectivity index (χ0) is 14.6. The zero-order valence-electron chi connectivity index (χ0n) is 11.9. The Balaban J connectivity index is 1.92. The Morgan fingerprint density at radius 1 is 1.45 bits per heavy atom. The van der Waals surface area contributed by atoms with E-state index in [4.69, 9.17) is 4.74 Å². The van der Waals surface area contributed by atoms with Crippen LogP contribution >= 0.6 is 11.8 Å². The van der Waals surface area contributed by atoms with Gasteiger partial charge in [0.15, 0.2) is 9.84 Å². The van der Waals surface area contributed by atoms with Gasteiger partial charge in [-0.3, -0.25) is 9.69 Å². The Morgan fingerprint density at radius 2 is 2.25 bits per heavy atom. The first-order valence-corrected chi connectivity index (χ1v) is 10.1. The lowest BCUT2D eigenvalue weighted by atomic mass is 10.0. The van der Waals surface area contributed by atoms with Gasteiger partial charge in [-0.2, -0.15) is 11.8 Å². The zero-order valence-corrected chi connectivity index (χ0v) is 13.5. The van der Waals surface area contributed by atoms with Crippen molar-refractivity contribution in [2.24, 2.45) is 5.92 Å². The first-order valence-electron chi connectivity index (χ1n) is 7.09. The molecule has 20 heavy (non-hydrogen) atoms. The molecule has 7 heteroatoms. The number of thioether (sulfide) groups is 1. The highest BCUT2D eigenvalue weighted by Crippen LogP contribution is 2.24. The molecule has 0 bridgehead atoms. The van der Waals surface area contributed by atoms with Gasteiger partial charge in [-0.15, -0.1) is 0 Å². The largest absolute Gasteiger partial charge is 0.469 e. The van der Waals surface area contributed by atoms with E-state index in [-0.39, 0.29) is 17.9 Å². The number of hydrogen-bond donors (Lipinski definition) is 0. The molecule has 2 fully saturated rings. The summed E-state index contributed by atoms with van der Waals surface area (Å²) < 4.78 is 28.2. The SMILES string of the molecule is COC(=O)C[C@@H]1CSCCN1C[C@@H]1CCCS(=O)(=O)C1. The highest BCUT2D eigenvalue weighted by molar-refractivity contribution is 7.99. The third-order valence-corrected chi connectivity index (χ3v) is 7.01. The van der Waals surface area contributed by atoms with E-state index in [9.17, 15) is 13.2 Å². The van der Waals surface area contributed by atoms with Crippen molar-refractivity contribution < 1.29 is 17.9 Å². The average molecular weight is 321 g/mol. The van der Waals surface area contributed by atoms with Crippen molar-refractivity contribution in [2.45, 2.75) is 25.3 Å². The Labute approximate surface area is 125 Å². The standard InChI is InChI=1S/C13H23NO4S2/c1-18-13(15)7-12-9-19-5-4-14(12)8-11-3-2-6-20(16,17)10-11/h11-12H,2-10H2,1H3/t11-,12+/m0/s1. The molecule has 2 saturated heterocycles. The van der Waals surface area contributed by atoms with E-state index < -0.39 is 9.84 Å². The third-order valence-electron chi connectivity index (χ3n) is 4.03. The lowest BCUT2D eigenvalue weighted by Gasteiger charge is -2.37. The first kappa shape index (κ1) is 16.1. The highest BCUT2D eigenvalue weighted by atomic mass is 32.2. The number of methoxy groups -OCH3 is 1. The van der Waals surface area contributed by atoms with Crippen molar-refractivity contribution in [1.82, 2.24) is 4.90 Å². The predicted octanol–water partition coefficient (Wildman–Crippen LogP) is 0.792. The number of ether oxygens (including phenoxy) is 1. The van der Waals surface area contributed by atoms with Gasteiger partial charge in [-0.1, -0.05) is 0 Å². The van der Waals surface area contributed by atoms with Crippen LogP contribution < -0.4 is 0 Å². The molecule has 0 unspecified atom stereocenters. The summed E-state index contributed by atoms with van der Waals surface area (Å²) in [6.45, 7) is 1.73. The number of carbonyl (C=O) groups excluding carboxylic acids is 1. The van der Waals surface area contributed by atoms with Crippen LogP contribution in [0.1, 0.15) is 19.3 Å². The molecule has 0 N–H and O–H groups in total. The van der Waals surface area contributed by atoms with Gasteiger partial charge >= 0.3 is 5.97 Å². The number of sulfone groups is 1. The minimum atomic E-state index is -2.85. The van der Waals surface area contributed by atoms with E-state index in [2.05, 4.69) is 4.90 Å². The Morgan fingerprint density at radius 3 is 2.95 bits per heavy atom. The first-order chi connectivity index (χ1) is 9.50. The van der Waals surface area contributed by atoms with Crippen molar-refractivity contribution in [1.29, 1.82) is 0 Å². The summed E-state index contributed by atoms with van der Waals surface area (Å²) in [5.74, 6) is 2.66. The fourth-order valence-corrected chi connectivity index (χ4v) is 5.88. The van der Waals surface area contributed by atoms with Crippen molar-refractivity contribution in [2.75, 3.05) is 43.2 Å². The van der Waals surface area contributed by atoms with Crippen molar-refractivity contribution in [3.63, 3.8) is 0 Å². The lowest BCUT2D eigenvalue weighted by Crippen LogP contribution is -2.47. The summed E-state index contributed by atoms with van der Waals surface area (Å²) in [4.78, 5) is 13.8. The van der Waals surface area contributed by atoms with E-state index in [0.717, 1.165) is 37.4 Å². The van der Waals surface area contributed by atoms with Gasteiger partial charge in [-0.05, 0) is 18.8 Å². The van der Waals surface area contributed by atoms with Crippen LogP contribution in [0.4, 0.5) is 0 Å². The minimum Gasteiger partial charge on any atom is -0.469 e. The van der Waals surface area contributed by atoms with Crippen molar-refractivity contribution in [3.8, 4) is 0 Å². The Kier molecular flexibility index (Phi) is 5.74. The summed E-state index contributed by atoms with van der Waals surface area (Å²) in [7, 11) is -1.44. The van der Waals surface area contributed by atoms with Gasteiger partial charge in [0, 0.05) is 30.6 Å². The summed E-state index contributed by atoms with van der Waals surface area (Å²) in [6, 6.07) is 0.186. The van der Waals surface area contributed by atoms with Gasteiger partial charge < -0.3 is 4.74 Å². The molecule has 0 radical (unpaired) electrons. The van der Waals surface area contributed by atoms with Gasteiger partial charge in [0.1, 0.15) is 0 Å². The van der Waals surface area contributed by atoms with Gasteiger partial charge in [0.05, 0.1) is 25.0 Å². The maximum atomic E-state index is 11.7. The molecule has 2 aliphatic heterocycles. The second kappa shape index (κ2) is 7.13. The van der Waals surface area contributed by atoms with Crippen LogP contribution in [0, 0.1) is 5.92 Å². The molecule has 0 aliphatic carbocycles. The van der Waals surface area contributed by atoms with Crippen LogP contribution in [0.15, 0.2) is 0 Å². The normalized spacial score (nSPS) is 30.9. The minimum absolute atomic E-state index is 0.182. The third kappa shape index (κ3) is 4.63. The van der Waals surface area contributed by atoms with Crippen LogP contribution in [-0.4, -0.2) is 68.5 Å². The van der Waals surface area contributed by atoms with Crippen LogP contribution in [0.2, 0.25) is 0 Å². The van der Waals surface area contributed by atoms with Gasteiger partial charge in [0.2, 0.25) is 0 Å². The van der Waals surface area contributed by atoms with E-state index >= 15 is 0 Å². The molecule has 5 nitrogen and oxygen atoms in total. The van der Waals surface area contributed by atoms with E-state index in [1.54, 1.807) is 0 Å². The molecular weight excluding hydrogens is 298 g/mol. The number of nitrogens with zero attached hydrogens (tertiary/aromatic N) is 1. The van der Waals surface area contributed by atoms with Crippen LogP contribution in [-0.2, 0) is 19.4 Å². The molecule has 2 heterocycles. The number of esters is 1. The maximum absolute atomic E-state index is 11.7. The second-order valence-electron chi connectivity index (χ2n) is 5.63. The predicted molar refractivity (Wildman–Crippen MR) is 80.7 cm³/mol. The molecule has 0 amide bonds. The fraction of sp³-hybridized carbons (Fsp3) is 0.923. The maximum Gasteiger partial charge on any atom is 0.307 e. The van der Waals surface area contributed by atoms with Crippen molar-refractivity contribution in [3.05, 3.63) is 0 Å². The monoisotopic (exact) mass is 321 g/mol. The summed E-state index contributed by atoms with van der Waals surface area (Å²) in [6.07, 6.45) is 2.16. The number of carbonyl (C=O) groups is 1. The summed E-state index contributed by atoms with van der Waals surface area (Å²) >= 11 is 1.85. The quantitative estimate of drug-likeness (QED) is 0.714. The molecular formula is C13H23NO4S2. The summed E-state index contributed by atoms with van der Waals surface area (Å²) in [5.41, 5.74) is 0. The molecule has 0 aromatic carbocycles. The van der Waals surface area contributed by atoms with Crippen LogP contribution in [0.3, 0.4) is 0 Å².